The van der Waals surface area contributed by atoms with Gasteiger partial charge in [0.25, 0.3) is 5.91 Å². The fraction of sp³-hybridized carbons (Fsp3) is 0.387. The van der Waals surface area contributed by atoms with Crippen molar-refractivity contribution in [1.29, 1.82) is 0 Å². The molecule has 3 aromatic carbocycles. The number of hydrogen-bond donors (Lipinski definition) is 3. The number of phenolic OH excluding ortho intramolecular Hbond substituents is 1. The normalized spacial score (nSPS) is 13.0. The van der Waals surface area contributed by atoms with Crippen LogP contribution in [-0.4, -0.2) is 46.1 Å². The molecule has 0 spiro atoms. The van der Waals surface area contributed by atoms with E-state index in [1.807, 2.05) is 56.3 Å². The van der Waals surface area contributed by atoms with Crippen LogP contribution in [0.5, 0.6) is 5.75 Å². The molecule has 39 heavy (non-hydrogen) atoms. The van der Waals surface area contributed by atoms with Gasteiger partial charge in [0.2, 0.25) is 5.91 Å². The summed E-state index contributed by atoms with van der Waals surface area (Å²) in [5.41, 5.74) is 0.977. The molecule has 0 aliphatic rings. The van der Waals surface area contributed by atoms with Crippen molar-refractivity contribution in [3.8, 4) is 5.75 Å². The van der Waals surface area contributed by atoms with Crippen LogP contribution in [0.3, 0.4) is 0 Å². The fourth-order valence-corrected chi connectivity index (χ4v) is 4.39. The van der Waals surface area contributed by atoms with Gasteiger partial charge in [0, 0.05) is 12.2 Å². The molecular formula is C31H39N3O5. The molecule has 8 heteroatoms. The average molecular weight is 534 g/mol. The van der Waals surface area contributed by atoms with Crippen molar-refractivity contribution in [2.24, 2.45) is 5.92 Å². The highest BCUT2D eigenvalue weighted by Crippen LogP contribution is 2.29. The third kappa shape index (κ3) is 7.50. The van der Waals surface area contributed by atoms with E-state index in [1.165, 1.54) is 11.0 Å². The van der Waals surface area contributed by atoms with Crippen LogP contribution in [-0.2, 0) is 14.3 Å². The van der Waals surface area contributed by atoms with Crippen molar-refractivity contribution in [2.75, 3.05) is 11.9 Å². The summed E-state index contributed by atoms with van der Waals surface area (Å²) in [6.45, 7) is 12.6. The summed E-state index contributed by atoms with van der Waals surface area (Å²) in [6, 6.07) is 16.4. The monoisotopic (exact) mass is 533 g/mol. The van der Waals surface area contributed by atoms with E-state index >= 15 is 0 Å². The number of nitrogens with one attached hydrogen (secondary N) is 2. The molecule has 3 amide bonds. The van der Waals surface area contributed by atoms with Crippen molar-refractivity contribution in [3.63, 3.8) is 0 Å². The minimum absolute atomic E-state index is 0.0912. The van der Waals surface area contributed by atoms with Crippen LogP contribution >= 0.6 is 0 Å². The number of fused-ring (bicyclic) bond motifs is 1. The van der Waals surface area contributed by atoms with Gasteiger partial charge in [-0.25, -0.2) is 4.79 Å². The highest BCUT2D eigenvalue weighted by Gasteiger charge is 2.37. The van der Waals surface area contributed by atoms with Crippen LogP contribution in [0, 0.1) is 12.8 Å². The first-order chi connectivity index (χ1) is 18.3. The first-order valence-electron chi connectivity index (χ1n) is 13.2. The van der Waals surface area contributed by atoms with Crippen molar-refractivity contribution in [3.05, 3.63) is 71.8 Å². The highest BCUT2D eigenvalue weighted by molar-refractivity contribution is 6.00. The molecule has 8 nitrogen and oxygen atoms in total. The number of nitrogens with zero attached hydrogens (tertiary/aromatic N) is 1. The Morgan fingerprint density at radius 1 is 0.974 bits per heavy atom. The number of aryl methyl sites for hydroxylation is 1. The summed E-state index contributed by atoms with van der Waals surface area (Å²) in [6.07, 6.45) is -0.705. The van der Waals surface area contributed by atoms with Crippen LogP contribution in [0.4, 0.5) is 10.5 Å². The third-order valence-corrected chi connectivity index (χ3v) is 6.34. The zero-order valence-corrected chi connectivity index (χ0v) is 23.7. The van der Waals surface area contributed by atoms with Crippen molar-refractivity contribution >= 4 is 34.4 Å². The number of benzene rings is 3. The lowest BCUT2D eigenvalue weighted by Gasteiger charge is -2.35. The van der Waals surface area contributed by atoms with E-state index in [4.69, 9.17) is 4.74 Å². The van der Waals surface area contributed by atoms with Gasteiger partial charge in [0.05, 0.1) is 0 Å². The van der Waals surface area contributed by atoms with Gasteiger partial charge >= 0.3 is 6.09 Å². The maximum atomic E-state index is 13.9. The fourth-order valence-electron chi connectivity index (χ4n) is 4.39. The molecule has 0 saturated heterocycles. The minimum Gasteiger partial charge on any atom is -0.508 e. The largest absolute Gasteiger partial charge is 0.508 e. The summed E-state index contributed by atoms with van der Waals surface area (Å²) in [4.78, 5) is 41.8. The standard InChI is InChI=1S/C31H39N3O5/c1-8-34(29(37)26(19(2)3)33-30(38)39-31(5,6)7)27(23-14-16-25(35)20(4)17-23)28(36)32-24-15-13-21-11-9-10-12-22(21)18-24/h9-19,26-27,35H,8H2,1-7H3,(H,32,36)(H,33,38). The van der Waals surface area contributed by atoms with E-state index in [1.54, 1.807) is 46.8 Å². The van der Waals surface area contributed by atoms with Gasteiger partial charge in [-0.3, -0.25) is 9.59 Å². The number of carbonyl (C=O) groups excluding carboxylic acids is 3. The summed E-state index contributed by atoms with van der Waals surface area (Å²) in [5.74, 6) is -1.01. The predicted molar refractivity (Wildman–Crippen MR) is 154 cm³/mol. The van der Waals surface area contributed by atoms with Crippen LogP contribution in [0.15, 0.2) is 60.7 Å². The van der Waals surface area contributed by atoms with Gasteiger partial charge in [-0.2, -0.15) is 0 Å². The molecule has 208 valence electrons. The summed E-state index contributed by atoms with van der Waals surface area (Å²) < 4.78 is 5.39. The Morgan fingerprint density at radius 2 is 1.64 bits per heavy atom. The first kappa shape index (κ1) is 29.5. The number of carbonyl (C=O) groups is 3. The number of amides is 3. The Bertz CT molecular complexity index is 1350. The summed E-state index contributed by atoms with van der Waals surface area (Å²) >= 11 is 0. The number of aromatic hydroxyl groups is 1. The van der Waals surface area contributed by atoms with E-state index in [0.717, 1.165) is 10.8 Å². The Labute approximate surface area is 230 Å². The number of anilines is 1. The molecular weight excluding hydrogens is 494 g/mol. The van der Waals surface area contributed by atoms with E-state index < -0.39 is 35.6 Å². The average Bonchev–Trinajstić information content (AvgIpc) is 2.85. The molecule has 2 atom stereocenters. The molecule has 0 fully saturated rings. The molecule has 0 aliphatic carbocycles. The third-order valence-electron chi connectivity index (χ3n) is 6.34. The molecule has 0 bridgehead atoms. The highest BCUT2D eigenvalue weighted by atomic mass is 16.6. The second-order valence-electron chi connectivity index (χ2n) is 11.0. The van der Waals surface area contributed by atoms with Crippen molar-refractivity contribution in [1.82, 2.24) is 10.2 Å². The van der Waals surface area contributed by atoms with E-state index in [9.17, 15) is 19.5 Å². The molecule has 2 unspecified atom stereocenters. The van der Waals surface area contributed by atoms with E-state index in [0.29, 0.717) is 16.8 Å². The number of phenols is 1. The number of likely N-dealkylation sites (N-methyl/N-ethyl adjacent to an activating group) is 1. The predicted octanol–water partition coefficient (Wildman–Crippen LogP) is 5.93. The summed E-state index contributed by atoms with van der Waals surface area (Å²) in [5, 5.41) is 17.8. The topological polar surface area (TPSA) is 108 Å². The Hall–Kier alpha value is -4.07. The lowest BCUT2D eigenvalue weighted by molar-refractivity contribution is -0.141. The van der Waals surface area contributed by atoms with Gasteiger partial charge < -0.3 is 25.4 Å². The zero-order chi connectivity index (χ0) is 28.9. The van der Waals surface area contributed by atoms with Crippen molar-refractivity contribution < 1.29 is 24.2 Å². The van der Waals surface area contributed by atoms with Gasteiger partial charge in [-0.05, 0) is 86.7 Å². The van der Waals surface area contributed by atoms with Crippen LogP contribution < -0.4 is 10.6 Å². The number of alkyl carbamates (subject to hydrolysis) is 1. The lowest BCUT2D eigenvalue weighted by Crippen LogP contribution is -2.54. The number of ether oxygens (including phenoxy) is 1. The van der Waals surface area contributed by atoms with Gasteiger partial charge in [-0.15, -0.1) is 0 Å². The SMILES string of the molecule is CCN(C(=O)C(NC(=O)OC(C)(C)C)C(C)C)C(C(=O)Nc1ccc2ccccc2c1)c1ccc(O)c(C)c1. The lowest BCUT2D eigenvalue weighted by atomic mass is 9.97. The summed E-state index contributed by atoms with van der Waals surface area (Å²) in [7, 11) is 0. The Kier molecular flexibility index (Phi) is 9.22. The van der Waals surface area contributed by atoms with Gasteiger partial charge in [0.15, 0.2) is 0 Å². The molecule has 0 saturated carbocycles. The zero-order valence-electron chi connectivity index (χ0n) is 23.7. The van der Waals surface area contributed by atoms with Gasteiger partial charge in [0.1, 0.15) is 23.4 Å². The molecule has 3 aromatic rings. The molecule has 0 radical (unpaired) electrons. The second kappa shape index (κ2) is 12.2. The molecule has 0 aromatic heterocycles. The van der Waals surface area contributed by atoms with Crippen LogP contribution in [0.1, 0.15) is 58.7 Å². The number of rotatable bonds is 8. The van der Waals surface area contributed by atoms with Crippen LogP contribution in [0.25, 0.3) is 10.8 Å². The maximum Gasteiger partial charge on any atom is 0.408 e. The maximum absolute atomic E-state index is 13.9. The molecule has 0 heterocycles. The van der Waals surface area contributed by atoms with E-state index in [-0.39, 0.29) is 18.2 Å². The number of hydrogen-bond acceptors (Lipinski definition) is 5. The smallest absolute Gasteiger partial charge is 0.408 e. The van der Waals surface area contributed by atoms with E-state index in [2.05, 4.69) is 10.6 Å². The Morgan fingerprint density at radius 3 is 2.23 bits per heavy atom. The quantitative estimate of drug-likeness (QED) is 0.333. The Balaban J connectivity index is 1.99. The van der Waals surface area contributed by atoms with Crippen LogP contribution in [0.2, 0.25) is 0 Å². The molecule has 3 rings (SSSR count). The first-order valence-corrected chi connectivity index (χ1v) is 13.2. The second-order valence-corrected chi connectivity index (χ2v) is 11.0. The van der Waals surface area contributed by atoms with Crippen molar-refractivity contribution in [2.45, 2.75) is 66.2 Å². The minimum atomic E-state index is -1.02. The molecule has 0 aliphatic heterocycles. The molecule has 3 N–H and O–H groups in total. The van der Waals surface area contributed by atoms with Gasteiger partial charge in [-0.1, -0.05) is 50.2 Å².